The minimum absolute atomic E-state index is 0.168. The number of methoxy groups -OCH3 is 2. The number of rotatable bonds is 6. The van der Waals surface area contributed by atoms with E-state index in [-0.39, 0.29) is 6.04 Å². The molecule has 0 spiro atoms. The van der Waals surface area contributed by atoms with Crippen LogP contribution in [0, 0.1) is 0 Å². The van der Waals surface area contributed by atoms with Gasteiger partial charge in [0.25, 0.3) is 0 Å². The van der Waals surface area contributed by atoms with Crippen LogP contribution in [-0.4, -0.2) is 25.2 Å². The van der Waals surface area contributed by atoms with E-state index in [0.29, 0.717) is 0 Å². The molecule has 1 aromatic carbocycles. The van der Waals surface area contributed by atoms with E-state index in [1.54, 1.807) is 25.6 Å². The highest BCUT2D eigenvalue weighted by molar-refractivity contribution is 7.09. The molecule has 4 nitrogen and oxygen atoms in total. The second-order valence-electron chi connectivity index (χ2n) is 4.57. The Balaban J connectivity index is 2.31. The highest BCUT2D eigenvalue weighted by Gasteiger charge is 2.12. The van der Waals surface area contributed by atoms with Crippen LogP contribution < -0.4 is 15.2 Å². The summed E-state index contributed by atoms with van der Waals surface area (Å²) < 4.78 is 10.7. The zero-order valence-corrected chi connectivity index (χ0v) is 12.9. The second kappa shape index (κ2) is 6.72. The van der Waals surface area contributed by atoms with E-state index in [9.17, 15) is 0 Å². The maximum Gasteiger partial charge on any atom is 0.128 e. The van der Waals surface area contributed by atoms with E-state index < -0.39 is 0 Å². The van der Waals surface area contributed by atoms with E-state index in [4.69, 9.17) is 15.2 Å². The molecule has 1 heterocycles. The number of thiazole rings is 1. The Hall–Kier alpha value is -1.59. The topological polar surface area (TPSA) is 57.4 Å². The van der Waals surface area contributed by atoms with Gasteiger partial charge in [0.15, 0.2) is 0 Å². The Kier molecular flexibility index (Phi) is 4.98. The maximum atomic E-state index is 5.98. The van der Waals surface area contributed by atoms with Gasteiger partial charge in [-0.15, -0.1) is 11.3 Å². The standard InChI is InChI=1S/C15H20N2O2S/c1-4-10(16)7-15-17-13(9-20-15)12-8-11(18-2)5-6-14(12)19-3/h5-6,8-10H,4,7,16H2,1-3H3. The number of nitrogens with two attached hydrogens (primary N) is 1. The summed E-state index contributed by atoms with van der Waals surface area (Å²) in [4.78, 5) is 4.66. The van der Waals surface area contributed by atoms with Crippen molar-refractivity contribution in [1.82, 2.24) is 4.98 Å². The lowest BCUT2D eigenvalue weighted by atomic mass is 10.1. The molecule has 1 aromatic heterocycles. The van der Waals surface area contributed by atoms with Crippen LogP contribution in [0.1, 0.15) is 18.4 Å². The zero-order valence-electron chi connectivity index (χ0n) is 12.1. The lowest BCUT2D eigenvalue weighted by molar-refractivity contribution is 0.404. The Morgan fingerprint density at radius 2 is 2.10 bits per heavy atom. The summed E-state index contributed by atoms with van der Waals surface area (Å²) in [7, 11) is 3.31. The van der Waals surface area contributed by atoms with Gasteiger partial charge in [-0.1, -0.05) is 6.92 Å². The molecule has 2 rings (SSSR count). The van der Waals surface area contributed by atoms with Crippen LogP contribution in [0.15, 0.2) is 23.6 Å². The molecule has 0 aliphatic rings. The molecule has 0 saturated heterocycles. The minimum Gasteiger partial charge on any atom is -0.497 e. The minimum atomic E-state index is 0.168. The molecule has 1 unspecified atom stereocenters. The van der Waals surface area contributed by atoms with Crippen molar-refractivity contribution in [2.24, 2.45) is 5.73 Å². The van der Waals surface area contributed by atoms with Crippen LogP contribution in [0.4, 0.5) is 0 Å². The molecular weight excluding hydrogens is 272 g/mol. The van der Waals surface area contributed by atoms with Crippen molar-refractivity contribution in [3.8, 4) is 22.8 Å². The molecule has 0 fully saturated rings. The van der Waals surface area contributed by atoms with Crippen LogP contribution in [0.2, 0.25) is 0 Å². The lowest BCUT2D eigenvalue weighted by Crippen LogP contribution is -2.21. The summed E-state index contributed by atoms with van der Waals surface area (Å²) in [6.07, 6.45) is 1.77. The van der Waals surface area contributed by atoms with E-state index in [0.717, 1.165) is 40.6 Å². The van der Waals surface area contributed by atoms with Gasteiger partial charge in [-0.25, -0.2) is 4.98 Å². The summed E-state index contributed by atoms with van der Waals surface area (Å²) in [5, 5.41) is 3.09. The van der Waals surface area contributed by atoms with Gasteiger partial charge in [0, 0.05) is 23.4 Å². The molecule has 1 atom stereocenters. The molecule has 0 aliphatic heterocycles. The molecule has 0 radical (unpaired) electrons. The SMILES string of the molecule is CCC(N)Cc1nc(-c2cc(OC)ccc2OC)cs1. The number of hydrogen-bond donors (Lipinski definition) is 1. The summed E-state index contributed by atoms with van der Waals surface area (Å²) in [5.74, 6) is 1.59. The smallest absolute Gasteiger partial charge is 0.128 e. The van der Waals surface area contributed by atoms with Crippen LogP contribution in [0.5, 0.6) is 11.5 Å². The van der Waals surface area contributed by atoms with Crippen molar-refractivity contribution in [3.05, 3.63) is 28.6 Å². The number of hydrogen-bond acceptors (Lipinski definition) is 5. The van der Waals surface area contributed by atoms with Crippen molar-refractivity contribution in [2.75, 3.05) is 14.2 Å². The van der Waals surface area contributed by atoms with E-state index in [1.807, 2.05) is 23.6 Å². The van der Waals surface area contributed by atoms with Crippen LogP contribution in [0.25, 0.3) is 11.3 Å². The first-order valence-electron chi connectivity index (χ1n) is 6.60. The van der Waals surface area contributed by atoms with Gasteiger partial charge < -0.3 is 15.2 Å². The van der Waals surface area contributed by atoms with Crippen molar-refractivity contribution < 1.29 is 9.47 Å². The Labute approximate surface area is 123 Å². The van der Waals surface area contributed by atoms with Crippen LogP contribution in [-0.2, 0) is 6.42 Å². The molecule has 108 valence electrons. The zero-order chi connectivity index (χ0) is 14.5. The third kappa shape index (κ3) is 3.29. The Morgan fingerprint density at radius 3 is 2.75 bits per heavy atom. The third-order valence-corrected chi connectivity index (χ3v) is 4.07. The fourth-order valence-electron chi connectivity index (χ4n) is 1.91. The summed E-state index contributed by atoms with van der Waals surface area (Å²) in [6, 6.07) is 5.88. The molecule has 2 aromatic rings. The van der Waals surface area contributed by atoms with Crippen molar-refractivity contribution in [1.29, 1.82) is 0 Å². The monoisotopic (exact) mass is 292 g/mol. The average Bonchev–Trinajstić information content (AvgIpc) is 2.94. The number of nitrogens with zero attached hydrogens (tertiary/aromatic N) is 1. The molecule has 0 aliphatic carbocycles. The number of ether oxygens (including phenoxy) is 2. The molecule has 5 heteroatoms. The summed E-state index contributed by atoms with van der Waals surface area (Å²) in [5.41, 5.74) is 7.83. The van der Waals surface area contributed by atoms with Gasteiger partial charge in [0.1, 0.15) is 11.5 Å². The van der Waals surface area contributed by atoms with E-state index in [1.165, 1.54) is 0 Å². The Bertz CT molecular complexity index is 569. The quantitative estimate of drug-likeness (QED) is 0.889. The van der Waals surface area contributed by atoms with E-state index in [2.05, 4.69) is 11.9 Å². The highest BCUT2D eigenvalue weighted by Crippen LogP contribution is 2.34. The van der Waals surface area contributed by atoms with Gasteiger partial charge in [-0.2, -0.15) is 0 Å². The van der Waals surface area contributed by atoms with Crippen molar-refractivity contribution in [2.45, 2.75) is 25.8 Å². The van der Waals surface area contributed by atoms with Crippen molar-refractivity contribution >= 4 is 11.3 Å². The average molecular weight is 292 g/mol. The van der Waals surface area contributed by atoms with Gasteiger partial charge in [-0.3, -0.25) is 0 Å². The Morgan fingerprint density at radius 1 is 1.30 bits per heavy atom. The molecule has 20 heavy (non-hydrogen) atoms. The first kappa shape index (κ1) is 14.8. The number of aromatic nitrogens is 1. The predicted molar refractivity (Wildman–Crippen MR) is 82.6 cm³/mol. The molecule has 0 bridgehead atoms. The highest BCUT2D eigenvalue weighted by atomic mass is 32.1. The normalized spacial score (nSPS) is 12.2. The predicted octanol–water partition coefficient (Wildman–Crippen LogP) is 3.11. The summed E-state index contributed by atoms with van der Waals surface area (Å²) >= 11 is 1.63. The molecule has 0 amide bonds. The van der Waals surface area contributed by atoms with Gasteiger partial charge in [0.05, 0.1) is 24.9 Å². The van der Waals surface area contributed by atoms with E-state index >= 15 is 0 Å². The molecule has 2 N–H and O–H groups in total. The first-order valence-corrected chi connectivity index (χ1v) is 7.48. The molecule has 0 saturated carbocycles. The van der Waals surface area contributed by atoms with Crippen molar-refractivity contribution in [3.63, 3.8) is 0 Å². The van der Waals surface area contributed by atoms with Gasteiger partial charge >= 0.3 is 0 Å². The second-order valence-corrected chi connectivity index (χ2v) is 5.51. The van der Waals surface area contributed by atoms with Gasteiger partial charge in [-0.05, 0) is 24.6 Å². The number of benzene rings is 1. The fourth-order valence-corrected chi connectivity index (χ4v) is 2.80. The van der Waals surface area contributed by atoms with Crippen LogP contribution >= 0.6 is 11.3 Å². The van der Waals surface area contributed by atoms with Crippen LogP contribution in [0.3, 0.4) is 0 Å². The molecular formula is C15H20N2O2S. The maximum absolute atomic E-state index is 5.98. The largest absolute Gasteiger partial charge is 0.497 e. The first-order chi connectivity index (χ1) is 9.67. The lowest BCUT2D eigenvalue weighted by Gasteiger charge is -2.08. The summed E-state index contributed by atoms with van der Waals surface area (Å²) in [6.45, 7) is 2.09. The van der Waals surface area contributed by atoms with Gasteiger partial charge in [0.2, 0.25) is 0 Å². The fraction of sp³-hybridized carbons (Fsp3) is 0.400. The third-order valence-electron chi connectivity index (χ3n) is 3.20.